The van der Waals surface area contributed by atoms with Gasteiger partial charge >= 0.3 is 0 Å². The lowest BCUT2D eigenvalue weighted by atomic mass is 10.3. The second-order valence-electron chi connectivity index (χ2n) is 5.02. The number of fused-ring (bicyclic) bond motifs is 1. The molecule has 3 heteroatoms. The second kappa shape index (κ2) is 5.32. The van der Waals surface area contributed by atoms with Crippen LogP contribution in [0.2, 0.25) is 0 Å². The Kier molecular flexibility index (Phi) is 4.29. The van der Waals surface area contributed by atoms with E-state index in [0.29, 0.717) is 0 Å². The zero-order valence-corrected chi connectivity index (χ0v) is 11.9. The van der Waals surface area contributed by atoms with Crippen LogP contribution in [0.1, 0.15) is 25.2 Å². The van der Waals surface area contributed by atoms with E-state index in [0.717, 1.165) is 22.4 Å². The summed E-state index contributed by atoms with van der Waals surface area (Å²) >= 11 is 0. The Morgan fingerprint density at radius 1 is 1.18 bits per heavy atom. The highest BCUT2D eigenvalue weighted by molar-refractivity contribution is 5.42. The van der Waals surface area contributed by atoms with E-state index in [1.165, 1.54) is 5.69 Å². The lowest BCUT2D eigenvalue weighted by molar-refractivity contribution is -0.884. The molecule has 2 rings (SSSR count). The minimum atomic E-state index is 0.920. The van der Waals surface area contributed by atoms with Gasteiger partial charge in [0, 0.05) is 6.20 Å². The van der Waals surface area contributed by atoms with Crippen LogP contribution in [-0.4, -0.2) is 35.0 Å². The maximum atomic E-state index is 4.55. The van der Waals surface area contributed by atoms with E-state index in [1.54, 1.807) is 0 Å². The van der Waals surface area contributed by atoms with Gasteiger partial charge in [0.05, 0.1) is 32.5 Å². The van der Waals surface area contributed by atoms with Crippen LogP contribution in [0.15, 0.2) is 24.4 Å². The lowest BCUT2D eigenvalue weighted by Crippen LogP contribution is -2.34. The molecule has 0 aliphatic rings. The van der Waals surface area contributed by atoms with Gasteiger partial charge in [-0.25, -0.2) is 4.98 Å². The molecule has 0 atom stereocenters. The van der Waals surface area contributed by atoms with E-state index in [1.807, 2.05) is 32.0 Å². The normalized spacial score (nSPS) is 11.2. The van der Waals surface area contributed by atoms with Crippen LogP contribution >= 0.6 is 0 Å². The van der Waals surface area contributed by atoms with Crippen molar-refractivity contribution in [2.45, 2.75) is 27.3 Å². The number of rotatable bonds is 2. The first kappa shape index (κ1) is 13.7. The molecule has 0 saturated heterocycles. The Morgan fingerprint density at radius 3 is 2.41 bits per heavy atom. The molecule has 0 saturated carbocycles. The van der Waals surface area contributed by atoms with Gasteiger partial charge in [-0.05, 0) is 19.1 Å². The maximum absolute atomic E-state index is 4.55. The van der Waals surface area contributed by atoms with E-state index in [4.69, 9.17) is 0 Å². The number of imidazole rings is 1. The van der Waals surface area contributed by atoms with Gasteiger partial charge in [0.2, 0.25) is 0 Å². The fraction of sp³-hybridized carbons (Fsp3) is 0.500. The van der Waals surface area contributed by atoms with Crippen LogP contribution in [0, 0.1) is 6.92 Å². The summed E-state index contributed by atoms with van der Waals surface area (Å²) in [6.45, 7) is 7.08. The molecule has 2 aromatic heterocycles. The zero-order chi connectivity index (χ0) is 13.1. The minimum absolute atomic E-state index is 0.920. The summed E-state index contributed by atoms with van der Waals surface area (Å²) in [5, 5.41) is 0. The molecule has 0 aliphatic heterocycles. The van der Waals surface area contributed by atoms with Gasteiger partial charge in [0.25, 0.3) is 0 Å². The van der Waals surface area contributed by atoms with E-state index < -0.39 is 0 Å². The molecule has 0 spiro atoms. The van der Waals surface area contributed by atoms with Gasteiger partial charge in [-0.3, -0.25) is 4.40 Å². The third kappa shape index (κ3) is 3.30. The molecule has 0 aliphatic carbocycles. The summed E-state index contributed by atoms with van der Waals surface area (Å²) in [7, 11) is 6.59. The van der Waals surface area contributed by atoms with E-state index >= 15 is 0 Å². The second-order valence-corrected chi connectivity index (χ2v) is 5.02. The summed E-state index contributed by atoms with van der Waals surface area (Å²) in [5.41, 5.74) is 3.48. The van der Waals surface area contributed by atoms with Crippen molar-refractivity contribution in [3.63, 3.8) is 0 Å². The van der Waals surface area contributed by atoms with Crippen molar-refractivity contribution in [3.05, 3.63) is 35.8 Å². The average molecular weight is 234 g/mol. The van der Waals surface area contributed by atoms with E-state index in [2.05, 4.69) is 43.6 Å². The van der Waals surface area contributed by atoms with Gasteiger partial charge in [-0.1, -0.05) is 19.9 Å². The first-order chi connectivity index (χ1) is 7.97. The molecule has 0 bridgehead atoms. The molecule has 3 nitrogen and oxygen atoms in total. The number of quaternary nitrogens is 1. The van der Waals surface area contributed by atoms with Gasteiger partial charge in [0.1, 0.15) is 12.2 Å². The molecule has 2 heterocycles. The maximum Gasteiger partial charge on any atom is 0.137 e. The van der Waals surface area contributed by atoms with Gasteiger partial charge in [-0.15, -0.1) is 0 Å². The van der Waals surface area contributed by atoms with Gasteiger partial charge < -0.3 is 4.48 Å². The molecular formula is C14H24N3+. The number of hydrogen-bond acceptors (Lipinski definition) is 1. The van der Waals surface area contributed by atoms with Crippen LogP contribution in [-0.2, 0) is 6.54 Å². The topological polar surface area (TPSA) is 17.3 Å². The summed E-state index contributed by atoms with van der Waals surface area (Å²) in [5.74, 6) is 0. The smallest absolute Gasteiger partial charge is 0.137 e. The predicted molar refractivity (Wildman–Crippen MR) is 73.0 cm³/mol. The van der Waals surface area contributed by atoms with Crippen molar-refractivity contribution in [1.82, 2.24) is 9.38 Å². The summed E-state index contributed by atoms with van der Waals surface area (Å²) in [4.78, 5) is 4.55. The first-order valence-electron chi connectivity index (χ1n) is 6.20. The Labute approximate surface area is 104 Å². The lowest BCUT2D eigenvalue weighted by Gasteiger charge is -2.23. The molecular weight excluding hydrogens is 210 g/mol. The van der Waals surface area contributed by atoms with Gasteiger partial charge in [-0.2, -0.15) is 0 Å². The third-order valence-corrected chi connectivity index (χ3v) is 2.45. The highest BCUT2D eigenvalue weighted by Crippen LogP contribution is 2.14. The number of nitrogens with zero attached hydrogens (tertiary/aromatic N) is 3. The van der Waals surface area contributed by atoms with Crippen molar-refractivity contribution in [2.75, 3.05) is 21.1 Å². The molecule has 94 valence electrons. The largest absolute Gasteiger partial charge is 0.326 e. The van der Waals surface area contributed by atoms with Crippen LogP contribution in [0.4, 0.5) is 0 Å². The van der Waals surface area contributed by atoms with Crippen LogP contribution < -0.4 is 0 Å². The average Bonchev–Trinajstić information content (AvgIpc) is 2.57. The molecule has 0 N–H and O–H groups in total. The Hall–Kier alpha value is -1.35. The number of pyridine rings is 1. The van der Waals surface area contributed by atoms with Crippen molar-refractivity contribution >= 4 is 5.65 Å². The predicted octanol–water partition coefficient (Wildman–Crippen LogP) is 2.88. The zero-order valence-electron chi connectivity index (χ0n) is 11.9. The van der Waals surface area contributed by atoms with Crippen molar-refractivity contribution in [3.8, 4) is 0 Å². The van der Waals surface area contributed by atoms with Gasteiger partial charge in [0.15, 0.2) is 0 Å². The summed E-state index contributed by atoms with van der Waals surface area (Å²) < 4.78 is 3.10. The Balaban J connectivity index is 0.000000686. The molecule has 0 aromatic carbocycles. The first-order valence-corrected chi connectivity index (χ1v) is 6.20. The molecule has 2 aromatic rings. The highest BCUT2D eigenvalue weighted by atomic mass is 15.3. The number of aromatic nitrogens is 2. The molecule has 0 radical (unpaired) electrons. The molecule has 17 heavy (non-hydrogen) atoms. The molecule has 0 fully saturated rings. The fourth-order valence-electron chi connectivity index (χ4n) is 1.80. The number of aryl methyl sites for hydroxylation is 1. The molecule has 0 unspecified atom stereocenters. The number of hydrogen-bond donors (Lipinski definition) is 0. The van der Waals surface area contributed by atoms with Crippen molar-refractivity contribution in [2.24, 2.45) is 0 Å². The van der Waals surface area contributed by atoms with Crippen molar-refractivity contribution in [1.29, 1.82) is 0 Å². The van der Waals surface area contributed by atoms with Crippen LogP contribution in [0.25, 0.3) is 5.65 Å². The Morgan fingerprint density at radius 2 is 1.82 bits per heavy atom. The van der Waals surface area contributed by atoms with Crippen molar-refractivity contribution < 1.29 is 4.48 Å². The SMILES string of the molecule is CC.Cc1nc2ccccn2c1C[N+](C)(C)C. The monoisotopic (exact) mass is 234 g/mol. The fourth-order valence-corrected chi connectivity index (χ4v) is 1.80. The highest BCUT2D eigenvalue weighted by Gasteiger charge is 2.15. The van der Waals surface area contributed by atoms with Crippen LogP contribution in [0.3, 0.4) is 0 Å². The Bertz CT molecular complexity index is 478. The minimum Gasteiger partial charge on any atom is -0.326 e. The van der Waals surface area contributed by atoms with E-state index in [-0.39, 0.29) is 0 Å². The standard InChI is InChI=1S/C12H18N3.C2H6/c1-10-11(9-15(2,3)4)14-8-6-5-7-12(14)13-10;1-2/h5-8H,9H2,1-4H3;1-2H3/q+1;. The summed E-state index contributed by atoms with van der Waals surface area (Å²) in [6.07, 6.45) is 2.08. The third-order valence-electron chi connectivity index (χ3n) is 2.45. The molecule has 0 amide bonds. The van der Waals surface area contributed by atoms with E-state index in [9.17, 15) is 0 Å². The quantitative estimate of drug-likeness (QED) is 0.730. The summed E-state index contributed by atoms with van der Waals surface area (Å²) in [6, 6.07) is 6.12. The van der Waals surface area contributed by atoms with Crippen LogP contribution in [0.5, 0.6) is 0 Å².